The predicted molar refractivity (Wildman–Crippen MR) is 119 cm³/mol. The first-order chi connectivity index (χ1) is 15.9. The lowest BCUT2D eigenvalue weighted by atomic mass is 10.1. The van der Waals surface area contributed by atoms with E-state index in [0.717, 1.165) is 11.8 Å². The van der Waals surface area contributed by atoms with E-state index >= 15 is 0 Å². The number of hydrogen-bond acceptors (Lipinski definition) is 10. The number of Topliss-reactive ketones (excluding diaryl/α,β-unsaturated/α-hetero) is 1. The zero-order valence-corrected chi connectivity index (χ0v) is 18.7. The molecule has 11 nitrogen and oxygen atoms in total. The second-order valence-electron chi connectivity index (χ2n) is 6.88. The maximum Gasteiger partial charge on any atom is 0.234 e. The highest BCUT2D eigenvalue weighted by atomic mass is 32.2. The first-order valence-electron chi connectivity index (χ1n) is 9.78. The van der Waals surface area contributed by atoms with Crippen LogP contribution in [0.15, 0.2) is 41.6 Å². The minimum absolute atomic E-state index is 0.00212. The summed E-state index contributed by atoms with van der Waals surface area (Å²) in [4.78, 5) is 24.5. The molecule has 1 amide bonds. The van der Waals surface area contributed by atoms with Gasteiger partial charge in [0.25, 0.3) is 0 Å². The van der Waals surface area contributed by atoms with Gasteiger partial charge in [0.2, 0.25) is 17.9 Å². The molecule has 0 saturated carbocycles. The number of fused-ring (bicyclic) bond motifs is 1. The van der Waals surface area contributed by atoms with E-state index in [1.807, 2.05) is 0 Å². The number of ether oxygens (including phenoxy) is 4. The van der Waals surface area contributed by atoms with Crippen LogP contribution in [0.2, 0.25) is 0 Å². The number of nitrogens with zero attached hydrogens (tertiary/aromatic N) is 3. The molecule has 2 heterocycles. The highest BCUT2D eigenvalue weighted by molar-refractivity contribution is 7.99. The number of rotatable bonds is 9. The van der Waals surface area contributed by atoms with Crippen molar-refractivity contribution in [3.8, 4) is 23.0 Å². The molecule has 0 saturated heterocycles. The number of nitrogens with two attached hydrogens (primary N) is 1. The number of aromatic nitrogens is 3. The van der Waals surface area contributed by atoms with Crippen LogP contribution in [-0.4, -0.2) is 46.2 Å². The smallest absolute Gasteiger partial charge is 0.234 e. The van der Waals surface area contributed by atoms with Gasteiger partial charge in [-0.15, -0.1) is 10.2 Å². The van der Waals surface area contributed by atoms with E-state index in [9.17, 15) is 9.59 Å². The lowest BCUT2D eigenvalue weighted by molar-refractivity contribution is -0.113. The van der Waals surface area contributed by atoms with E-state index in [2.05, 4.69) is 15.5 Å². The predicted octanol–water partition coefficient (Wildman–Crippen LogP) is 2.24. The van der Waals surface area contributed by atoms with Crippen LogP contribution in [-0.2, 0) is 11.4 Å². The summed E-state index contributed by atoms with van der Waals surface area (Å²) >= 11 is 1.10. The minimum Gasteiger partial charge on any atom is -0.497 e. The van der Waals surface area contributed by atoms with Gasteiger partial charge in [-0.25, -0.2) is 4.68 Å². The van der Waals surface area contributed by atoms with Gasteiger partial charge in [-0.3, -0.25) is 9.59 Å². The van der Waals surface area contributed by atoms with Crippen molar-refractivity contribution in [2.24, 2.45) is 0 Å². The molecule has 33 heavy (non-hydrogen) atoms. The third-order valence-corrected chi connectivity index (χ3v) is 5.59. The molecule has 2 aromatic carbocycles. The average Bonchev–Trinajstić information content (AvgIpc) is 3.41. The molecule has 1 aromatic heterocycles. The first-order valence-corrected chi connectivity index (χ1v) is 10.8. The molecule has 0 bridgehead atoms. The molecule has 0 atom stereocenters. The fourth-order valence-electron chi connectivity index (χ4n) is 3.00. The van der Waals surface area contributed by atoms with Gasteiger partial charge in [-0.05, 0) is 25.1 Å². The standard InChI is InChI=1S/C21H21N5O6S/c1-12(27)15-7-17-18(32-11-31-17)8-16(15)23-20(28)10-33-21-25-24-19(26(21)22)9-30-14-5-3-4-13(6-14)29-2/h3-8H,9-11,22H2,1-2H3,(H,23,28). The summed E-state index contributed by atoms with van der Waals surface area (Å²) in [6.07, 6.45) is 0. The van der Waals surface area contributed by atoms with Crippen molar-refractivity contribution in [2.45, 2.75) is 18.7 Å². The zero-order chi connectivity index (χ0) is 23.4. The Morgan fingerprint density at radius 1 is 1.18 bits per heavy atom. The van der Waals surface area contributed by atoms with E-state index in [4.69, 9.17) is 24.8 Å². The lowest BCUT2D eigenvalue weighted by Gasteiger charge is -2.10. The van der Waals surface area contributed by atoms with Crippen molar-refractivity contribution in [3.63, 3.8) is 0 Å². The van der Waals surface area contributed by atoms with E-state index in [-0.39, 0.29) is 30.8 Å². The van der Waals surface area contributed by atoms with Crippen LogP contribution in [0, 0.1) is 0 Å². The maximum atomic E-state index is 12.5. The normalized spacial score (nSPS) is 11.8. The molecule has 0 fully saturated rings. The molecule has 1 aliphatic rings. The summed E-state index contributed by atoms with van der Waals surface area (Å²) < 4.78 is 22.7. The molecule has 12 heteroatoms. The molecule has 172 valence electrons. The zero-order valence-electron chi connectivity index (χ0n) is 17.9. The van der Waals surface area contributed by atoms with Crippen molar-refractivity contribution in [2.75, 3.05) is 30.8 Å². The molecule has 0 unspecified atom stereocenters. The van der Waals surface area contributed by atoms with Crippen LogP contribution in [0.25, 0.3) is 0 Å². The Hall–Kier alpha value is -3.93. The van der Waals surface area contributed by atoms with Crippen LogP contribution in [0.5, 0.6) is 23.0 Å². The summed E-state index contributed by atoms with van der Waals surface area (Å²) in [5.74, 6) is 8.06. The number of amides is 1. The quantitative estimate of drug-likeness (QED) is 0.271. The summed E-state index contributed by atoms with van der Waals surface area (Å²) in [6.45, 7) is 1.56. The molecular formula is C21H21N5O6S. The number of carbonyl (C=O) groups is 2. The van der Waals surface area contributed by atoms with Crippen LogP contribution >= 0.6 is 11.8 Å². The largest absolute Gasteiger partial charge is 0.497 e. The SMILES string of the molecule is COc1cccc(OCc2nnc(SCC(=O)Nc3cc4c(cc3C(C)=O)OCO4)n2N)c1. The van der Waals surface area contributed by atoms with Crippen molar-refractivity contribution in [1.29, 1.82) is 0 Å². The van der Waals surface area contributed by atoms with E-state index < -0.39 is 0 Å². The van der Waals surface area contributed by atoms with Crippen LogP contribution < -0.4 is 30.1 Å². The number of benzene rings is 2. The van der Waals surface area contributed by atoms with Crippen molar-refractivity contribution in [3.05, 3.63) is 47.8 Å². The van der Waals surface area contributed by atoms with Crippen LogP contribution in [0.4, 0.5) is 5.69 Å². The average molecular weight is 471 g/mol. The molecule has 0 aliphatic carbocycles. The van der Waals surface area contributed by atoms with Crippen molar-refractivity contribution < 1.29 is 28.5 Å². The van der Waals surface area contributed by atoms with Gasteiger partial charge in [-0.2, -0.15) is 0 Å². The number of nitrogen functional groups attached to an aromatic ring is 1. The molecule has 0 radical (unpaired) electrons. The number of anilines is 1. The van der Waals surface area contributed by atoms with E-state index in [1.54, 1.807) is 43.5 Å². The number of nitrogens with one attached hydrogen (secondary N) is 1. The molecule has 4 rings (SSSR count). The minimum atomic E-state index is -0.349. The van der Waals surface area contributed by atoms with Gasteiger partial charge in [0.15, 0.2) is 23.1 Å². The van der Waals surface area contributed by atoms with E-state index in [1.165, 1.54) is 11.6 Å². The number of carbonyl (C=O) groups excluding carboxylic acids is 2. The highest BCUT2D eigenvalue weighted by Gasteiger charge is 2.21. The number of thioether (sulfide) groups is 1. The monoisotopic (exact) mass is 471 g/mol. The summed E-state index contributed by atoms with van der Waals surface area (Å²) in [7, 11) is 1.57. The van der Waals surface area contributed by atoms with E-state index in [0.29, 0.717) is 45.2 Å². The fourth-order valence-corrected chi connectivity index (χ4v) is 3.67. The first kappa shape index (κ1) is 22.3. The fraction of sp³-hybridized carbons (Fsp3) is 0.238. The molecule has 0 spiro atoms. The third-order valence-electron chi connectivity index (χ3n) is 4.64. The number of methoxy groups -OCH3 is 1. The van der Waals surface area contributed by atoms with Crippen LogP contribution in [0.3, 0.4) is 0 Å². The molecule has 3 aromatic rings. The second-order valence-corrected chi connectivity index (χ2v) is 7.82. The Morgan fingerprint density at radius 3 is 2.70 bits per heavy atom. The van der Waals surface area contributed by atoms with Crippen LogP contribution in [0.1, 0.15) is 23.1 Å². The third kappa shape index (κ3) is 5.12. The van der Waals surface area contributed by atoms with Gasteiger partial charge in [0.05, 0.1) is 18.6 Å². The summed E-state index contributed by atoms with van der Waals surface area (Å²) in [6, 6.07) is 10.3. The van der Waals surface area contributed by atoms with Gasteiger partial charge in [-0.1, -0.05) is 17.8 Å². The topological polar surface area (TPSA) is 140 Å². The Kier molecular flexibility index (Phi) is 6.54. The maximum absolute atomic E-state index is 12.5. The summed E-state index contributed by atoms with van der Waals surface area (Å²) in [5.41, 5.74) is 0.676. The second kappa shape index (κ2) is 9.69. The molecule has 3 N–H and O–H groups in total. The van der Waals surface area contributed by atoms with Crippen molar-refractivity contribution >= 4 is 29.1 Å². The van der Waals surface area contributed by atoms with Gasteiger partial charge in [0, 0.05) is 17.7 Å². The van der Waals surface area contributed by atoms with Gasteiger partial charge < -0.3 is 30.1 Å². The van der Waals surface area contributed by atoms with Crippen molar-refractivity contribution in [1.82, 2.24) is 14.9 Å². The lowest BCUT2D eigenvalue weighted by Crippen LogP contribution is -2.19. The summed E-state index contributed by atoms with van der Waals surface area (Å²) in [5, 5.41) is 11.1. The Balaban J connectivity index is 1.35. The Morgan fingerprint density at radius 2 is 1.94 bits per heavy atom. The Bertz CT molecular complexity index is 1200. The Labute approximate surface area is 193 Å². The highest BCUT2D eigenvalue weighted by Crippen LogP contribution is 2.37. The number of hydrogen-bond donors (Lipinski definition) is 2. The van der Waals surface area contributed by atoms with Gasteiger partial charge >= 0.3 is 0 Å². The molecule has 1 aliphatic heterocycles. The number of ketones is 1. The molecular weight excluding hydrogens is 450 g/mol. The van der Waals surface area contributed by atoms with Gasteiger partial charge in [0.1, 0.15) is 18.1 Å².